The molecule has 0 aromatic heterocycles. The van der Waals surface area contributed by atoms with Gasteiger partial charge in [0.25, 0.3) is 0 Å². The van der Waals surface area contributed by atoms with Crippen LogP contribution in [-0.2, 0) is 6.42 Å². The molecular formula is C33H50ClN3O3S. The van der Waals surface area contributed by atoms with Crippen molar-refractivity contribution in [1.29, 1.82) is 0 Å². The van der Waals surface area contributed by atoms with Crippen LogP contribution in [0.5, 0.6) is 5.75 Å². The number of carbonyl (C=O) groups is 1. The number of ether oxygens (including phenoxy) is 1. The molecule has 2 aromatic rings. The van der Waals surface area contributed by atoms with Gasteiger partial charge in [0.2, 0.25) is 5.91 Å². The molecule has 0 saturated carbocycles. The number of fused-ring (bicyclic) bond motifs is 1. The Morgan fingerprint density at radius 3 is 2.63 bits per heavy atom. The van der Waals surface area contributed by atoms with Crippen LogP contribution in [0.15, 0.2) is 67.8 Å². The first kappa shape index (κ1) is 36.6. The number of nitrogens with zero attached hydrogens (tertiary/aromatic N) is 1. The van der Waals surface area contributed by atoms with E-state index in [0.717, 1.165) is 93.8 Å². The molecule has 2 aromatic carbocycles. The van der Waals surface area contributed by atoms with Crippen LogP contribution in [-0.4, -0.2) is 43.6 Å². The Morgan fingerprint density at radius 1 is 1.22 bits per heavy atom. The third kappa shape index (κ3) is 14.3. The number of halogens is 1. The number of carbonyl (C=O) groups excluding carboxylic acids is 1. The molecule has 1 aliphatic heterocycles. The zero-order valence-electron chi connectivity index (χ0n) is 24.9. The summed E-state index contributed by atoms with van der Waals surface area (Å²) in [5.74, 6) is 2.50. The number of primary amides is 1. The minimum Gasteiger partial charge on any atom is -0.491 e. The molecule has 1 amide bonds. The van der Waals surface area contributed by atoms with E-state index in [-0.39, 0.29) is 0 Å². The van der Waals surface area contributed by atoms with E-state index in [1.165, 1.54) is 17.5 Å². The number of rotatable bonds is 15. The van der Waals surface area contributed by atoms with Gasteiger partial charge in [0.15, 0.2) is 0 Å². The van der Waals surface area contributed by atoms with Gasteiger partial charge in [-0.05, 0) is 86.8 Å². The monoisotopic (exact) mass is 603 g/mol. The van der Waals surface area contributed by atoms with Crippen LogP contribution < -0.4 is 20.5 Å². The maximum absolute atomic E-state index is 11.8. The third-order valence-electron chi connectivity index (χ3n) is 7.06. The van der Waals surface area contributed by atoms with Crippen molar-refractivity contribution >= 4 is 35.1 Å². The number of aliphatic hydroxyl groups is 1. The van der Waals surface area contributed by atoms with Crippen LogP contribution in [0.3, 0.4) is 0 Å². The number of aliphatic hydroxyl groups excluding tert-OH is 1. The van der Waals surface area contributed by atoms with Crippen molar-refractivity contribution in [2.45, 2.75) is 58.3 Å². The minimum atomic E-state index is -0.409. The molecule has 3 rings (SSSR count). The Balaban J connectivity index is 0.000000816. The van der Waals surface area contributed by atoms with E-state index in [0.29, 0.717) is 24.0 Å². The number of amides is 1. The molecule has 2 atom stereocenters. The summed E-state index contributed by atoms with van der Waals surface area (Å²) in [7, 11) is 1.00. The average molecular weight is 604 g/mol. The van der Waals surface area contributed by atoms with E-state index in [4.69, 9.17) is 32.3 Å². The molecule has 8 heteroatoms. The van der Waals surface area contributed by atoms with Gasteiger partial charge < -0.3 is 20.5 Å². The zero-order valence-corrected chi connectivity index (χ0v) is 26.5. The molecule has 41 heavy (non-hydrogen) atoms. The van der Waals surface area contributed by atoms with Crippen LogP contribution in [0.2, 0.25) is 5.02 Å². The van der Waals surface area contributed by atoms with Crippen LogP contribution in [0.25, 0.3) is 0 Å². The first-order valence-electron chi connectivity index (χ1n) is 14.5. The van der Waals surface area contributed by atoms with Crippen LogP contribution in [0.1, 0.15) is 67.8 Å². The summed E-state index contributed by atoms with van der Waals surface area (Å²) in [6.45, 7) is 12.2. The highest BCUT2D eigenvalue weighted by Crippen LogP contribution is 2.35. The first-order chi connectivity index (χ1) is 19.9. The Morgan fingerprint density at radius 2 is 2.00 bits per heavy atom. The zero-order chi connectivity index (χ0) is 30.5. The summed E-state index contributed by atoms with van der Waals surface area (Å²) >= 11 is 7.52. The number of anilines is 1. The number of nitrogens with two attached hydrogens (primary N) is 2. The lowest BCUT2D eigenvalue weighted by molar-refractivity contribution is 0.1000. The van der Waals surface area contributed by atoms with E-state index in [1.807, 2.05) is 42.5 Å². The number of aryl methyl sites for hydroxylation is 1. The fourth-order valence-electron chi connectivity index (χ4n) is 4.76. The van der Waals surface area contributed by atoms with Crippen LogP contribution in [0, 0.1) is 11.8 Å². The normalized spacial score (nSPS) is 14.6. The first-order valence-corrected chi connectivity index (χ1v) is 15.9. The number of hydrogen-bond donors (Lipinski definition) is 3. The van der Waals surface area contributed by atoms with Crippen molar-refractivity contribution in [3.05, 3.63) is 83.9 Å². The van der Waals surface area contributed by atoms with Crippen molar-refractivity contribution in [3.63, 3.8) is 0 Å². The van der Waals surface area contributed by atoms with Gasteiger partial charge in [-0.1, -0.05) is 61.2 Å². The number of hydrogen-bond acceptors (Lipinski definition) is 6. The van der Waals surface area contributed by atoms with Gasteiger partial charge in [-0.3, -0.25) is 9.93 Å². The van der Waals surface area contributed by atoms with Crippen molar-refractivity contribution < 1.29 is 14.6 Å². The van der Waals surface area contributed by atoms with E-state index >= 15 is 0 Å². The Bertz CT molecular complexity index is 1040. The molecule has 1 heterocycles. The molecule has 0 saturated heterocycles. The summed E-state index contributed by atoms with van der Waals surface area (Å²) in [4.78, 5) is 14.2. The maximum Gasteiger partial charge on any atom is 0.248 e. The molecule has 5 N–H and O–H groups in total. The lowest BCUT2D eigenvalue weighted by atomic mass is 9.96. The molecule has 1 aliphatic rings. The highest BCUT2D eigenvalue weighted by Gasteiger charge is 2.24. The van der Waals surface area contributed by atoms with E-state index in [2.05, 4.69) is 31.0 Å². The number of allylic oxidation sites excluding steroid dienone is 2. The molecule has 0 bridgehead atoms. The van der Waals surface area contributed by atoms with Crippen molar-refractivity contribution in [2.24, 2.45) is 22.7 Å². The Hall–Kier alpha value is -2.45. The quantitative estimate of drug-likeness (QED) is 0.111. The topological polar surface area (TPSA) is 102 Å². The minimum absolute atomic E-state index is 0.409. The molecule has 1 unspecified atom stereocenters. The summed E-state index contributed by atoms with van der Waals surface area (Å²) in [6, 6.07) is 13.6. The molecule has 6 nitrogen and oxygen atoms in total. The highest BCUT2D eigenvalue weighted by molar-refractivity contribution is 7.97. The highest BCUT2D eigenvalue weighted by atomic mass is 35.5. The fourth-order valence-corrected chi connectivity index (χ4v) is 5.30. The lowest BCUT2D eigenvalue weighted by Crippen LogP contribution is -2.32. The second-order valence-corrected chi connectivity index (χ2v) is 11.3. The van der Waals surface area contributed by atoms with E-state index in [1.54, 1.807) is 6.07 Å². The predicted octanol–water partition coefficient (Wildman–Crippen LogP) is 7.44. The third-order valence-corrected chi connectivity index (χ3v) is 7.82. The Kier molecular flexibility index (Phi) is 19.8. The number of benzene rings is 2. The molecule has 0 radical (unpaired) electrons. The van der Waals surface area contributed by atoms with Gasteiger partial charge in [0.05, 0.1) is 12.3 Å². The molecule has 0 fully saturated rings. The summed E-state index contributed by atoms with van der Waals surface area (Å²) in [6.07, 6.45) is 12.6. The van der Waals surface area contributed by atoms with Gasteiger partial charge in [0, 0.05) is 42.5 Å². The van der Waals surface area contributed by atoms with E-state index in [9.17, 15) is 4.79 Å². The van der Waals surface area contributed by atoms with Crippen LogP contribution >= 0.6 is 23.5 Å². The summed E-state index contributed by atoms with van der Waals surface area (Å²) in [5.41, 5.74) is 8.33. The largest absolute Gasteiger partial charge is 0.491 e. The Labute approximate surface area is 257 Å². The van der Waals surface area contributed by atoms with Crippen molar-refractivity contribution in [1.82, 2.24) is 0 Å². The summed E-state index contributed by atoms with van der Waals surface area (Å²) < 4.78 is 6.20. The standard InChI is InChI=1S/C27H35ClN2O2.C5H11NS.CH4O/c1-3-7-20(4-2)14-15-30-18-22(10-5-8-21-9-6-11-24(28)16-21)19-32-26-13-12-23(27(29)31)17-25(26)30;1-2-3-4-5-7-6;1-2/h3,6,9,11-13,16-17,20,22H,1,4-5,7-8,10,14-15,18-19H2,2H3,(H2,29,31);2H,1,3-6H2;2H,1H3/t20-,22?;;/m0../s1. The second kappa shape index (κ2) is 22.2. The van der Waals surface area contributed by atoms with Crippen molar-refractivity contribution in [2.75, 3.05) is 37.5 Å². The summed E-state index contributed by atoms with van der Waals surface area (Å²) in [5, 5.41) is 12.9. The number of unbranched alkanes of at least 4 members (excludes halogenated alkanes) is 1. The van der Waals surface area contributed by atoms with Gasteiger partial charge in [-0.15, -0.1) is 13.2 Å². The SMILES string of the molecule is C=CCCCSN.C=CC[C@H](CC)CCN1CC(CCCc2cccc(Cl)c2)COc2ccc(C(N)=O)cc21.CO. The smallest absolute Gasteiger partial charge is 0.248 e. The van der Waals surface area contributed by atoms with Gasteiger partial charge >= 0.3 is 0 Å². The molecule has 0 aliphatic carbocycles. The van der Waals surface area contributed by atoms with Crippen molar-refractivity contribution in [3.8, 4) is 5.75 Å². The van der Waals surface area contributed by atoms with Gasteiger partial charge in [0.1, 0.15) is 5.75 Å². The molecular weight excluding hydrogens is 554 g/mol. The molecule has 0 spiro atoms. The molecule has 228 valence electrons. The van der Waals surface area contributed by atoms with Crippen LogP contribution in [0.4, 0.5) is 5.69 Å². The van der Waals surface area contributed by atoms with E-state index < -0.39 is 5.91 Å². The average Bonchev–Trinajstić information content (AvgIpc) is 3.16. The lowest BCUT2D eigenvalue weighted by Gasteiger charge is -2.28. The second-order valence-electron chi connectivity index (χ2n) is 10.1. The fraction of sp³-hybridized carbons (Fsp3) is 0.485. The van der Waals surface area contributed by atoms with Gasteiger partial charge in [-0.25, -0.2) is 0 Å². The predicted molar refractivity (Wildman–Crippen MR) is 178 cm³/mol. The maximum atomic E-state index is 11.8. The van der Waals surface area contributed by atoms with Gasteiger partial charge in [-0.2, -0.15) is 0 Å².